The van der Waals surface area contributed by atoms with Gasteiger partial charge in [-0.2, -0.15) is 0 Å². The zero-order chi connectivity index (χ0) is 18.6. The minimum Gasteiger partial charge on any atom is -0.444 e. The fourth-order valence-corrected chi connectivity index (χ4v) is 3.17. The summed E-state index contributed by atoms with van der Waals surface area (Å²) in [4.78, 5) is 27.9. The van der Waals surface area contributed by atoms with Crippen molar-refractivity contribution in [2.24, 2.45) is 5.73 Å². The molecule has 2 amide bonds. The van der Waals surface area contributed by atoms with Gasteiger partial charge >= 0.3 is 12.2 Å². The smallest absolute Gasteiger partial charge is 0.413 e. The van der Waals surface area contributed by atoms with E-state index in [-0.39, 0.29) is 6.61 Å². The first-order valence-electron chi connectivity index (χ1n) is 7.32. The number of thiazole rings is 1. The number of nitrogens with two attached hydrogens (primary N) is 1. The van der Waals surface area contributed by atoms with Crippen LogP contribution < -0.4 is 11.1 Å². The molecule has 3 N–H and O–H groups in total. The van der Waals surface area contributed by atoms with Gasteiger partial charge in [-0.3, -0.25) is 5.32 Å². The molecule has 0 radical (unpaired) electrons. The van der Waals surface area contributed by atoms with E-state index in [4.69, 9.17) is 15.2 Å². The molecule has 0 aliphatic heterocycles. The van der Waals surface area contributed by atoms with E-state index >= 15 is 0 Å². The molecule has 1 aromatic carbocycles. The minimum absolute atomic E-state index is 0.0369. The molecule has 0 aliphatic carbocycles. The van der Waals surface area contributed by atoms with Crippen LogP contribution in [0.25, 0.3) is 11.3 Å². The maximum Gasteiger partial charge on any atom is 0.413 e. The zero-order valence-electron chi connectivity index (χ0n) is 14.0. The normalized spacial score (nSPS) is 11.0. The third-order valence-corrected chi connectivity index (χ3v) is 4.19. The van der Waals surface area contributed by atoms with Crippen LogP contribution in [0, 0.1) is 0 Å². The highest BCUT2D eigenvalue weighted by atomic mass is 79.9. The van der Waals surface area contributed by atoms with Crippen LogP contribution in [0.3, 0.4) is 0 Å². The second-order valence-corrected chi connectivity index (χ2v) is 8.04. The highest BCUT2D eigenvalue weighted by Crippen LogP contribution is 2.33. The van der Waals surface area contributed by atoms with Crippen molar-refractivity contribution in [2.45, 2.75) is 33.0 Å². The lowest BCUT2D eigenvalue weighted by Gasteiger charge is -2.18. The summed E-state index contributed by atoms with van der Waals surface area (Å²) < 4.78 is 11.0. The largest absolute Gasteiger partial charge is 0.444 e. The van der Waals surface area contributed by atoms with Crippen molar-refractivity contribution in [1.82, 2.24) is 4.98 Å². The molecule has 2 aromatic rings. The van der Waals surface area contributed by atoms with Crippen molar-refractivity contribution in [3.05, 3.63) is 33.6 Å². The molecule has 7 nitrogen and oxygen atoms in total. The number of benzene rings is 1. The Hall–Kier alpha value is -2.13. The van der Waals surface area contributed by atoms with E-state index in [0.29, 0.717) is 15.7 Å². The Labute approximate surface area is 157 Å². The van der Waals surface area contributed by atoms with Crippen molar-refractivity contribution < 1.29 is 19.1 Å². The monoisotopic (exact) mass is 427 g/mol. The highest BCUT2D eigenvalue weighted by Gasteiger charge is 2.20. The van der Waals surface area contributed by atoms with Crippen LogP contribution in [-0.4, -0.2) is 22.8 Å². The van der Waals surface area contributed by atoms with Gasteiger partial charge in [0.25, 0.3) is 0 Å². The van der Waals surface area contributed by atoms with E-state index in [1.807, 2.05) is 24.3 Å². The Morgan fingerprint density at radius 1 is 1.36 bits per heavy atom. The molecule has 25 heavy (non-hydrogen) atoms. The summed E-state index contributed by atoms with van der Waals surface area (Å²) in [7, 11) is 0. The van der Waals surface area contributed by atoms with Gasteiger partial charge in [-0.15, -0.1) is 0 Å². The Balaban J connectivity index is 2.29. The summed E-state index contributed by atoms with van der Waals surface area (Å²) >= 11 is 4.59. The first kappa shape index (κ1) is 19.2. The molecule has 0 saturated carbocycles. The number of carbonyl (C=O) groups is 2. The molecule has 2 rings (SSSR count). The number of carbonyl (C=O) groups excluding carboxylic acids is 2. The van der Waals surface area contributed by atoms with Crippen molar-refractivity contribution in [3.63, 3.8) is 0 Å². The number of nitrogens with one attached hydrogen (secondary N) is 1. The number of hydrogen-bond acceptors (Lipinski definition) is 6. The van der Waals surface area contributed by atoms with Gasteiger partial charge in [-0.1, -0.05) is 39.4 Å². The first-order valence-corrected chi connectivity index (χ1v) is 8.93. The molecule has 134 valence electrons. The average Bonchev–Trinajstić information content (AvgIpc) is 2.85. The van der Waals surface area contributed by atoms with Gasteiger partial charge in [-0.05, 0) is 32.9 Å². The van der Waals surface area contributed by atoms with Crippen molar-refractivity contribution >= 4 is 44.6 Å². The number of nitrogens with zero attached hydrogens (tertiary/aromatic N) is 1. The zero-order valence-corrected chi connectivity index (χ0v) is 16.4. The van der Waals surface area contributed by atoms with Gasteiger partial charge < -0.3 is 15.2 Å². The Kier molecular flexibility index (Phi) is 6.02. The molecule has 0 spiro atoms. The minimum atomic E-state index is -0.879. The van der Waals surface area contributed by atoms with E-state index in [9.17, 15) is 9.59 Å². The number of halogens is 1. The molecule has 0 atom stereocenters. The number of primary amides is 1. The van der Waals surface area contributed by atoms with Crippen LogP contribution in [0.5, 0.6) is 0 Å². The molecule has 0 bridgehead atoms. The van der Waals surface area contributed by atoms with Crippen LogP contribution >= 0.6 is 27.3 Å². The van der Waals surface area contributed by atoms with E-state index < -0.39 is 17.8 Å². The lowest BCUT2D eigenvalue weighted by molar-refractivity contribution is 0.0636. The van der Waals surface area contributed by atoms with Gasteiger partial charge in [0.15, 0.2) is 5.13 Å². The topological polar surface area (TPSA) is 104 Å². The second-order valence-electron chi connectivity index (χ2n) is 6.04. The van der Waals surface area contributed by atoms with Crippen LogP contribution in [0.2, 0.25) is 0 Å². The molecule has 0 saturated heterocycles. The molecule has 0 aliphatic rings. The molecular formula is C16H18BrN3O4S. The fourth-order valence-electron chi connectivity index (χ4n) is 1.89. The number of ether oxygens (including phenoxy) is 2. The Morgan fingerprint density at radius 3 is 2.68 bits per heavy atom. The quantitative estimate of drug-likeness (QED) is 0.746. The summed E-state index contributed by atoms with van der Waals surface area (Å²) in [5.41, 5.74) is 5.82. The molecular weight excluding hydrogens is 410 g/mol. The number of anilines is 1. The van der Waals surface area contributed by atoms with Gasteiger partial charge in [0, 0.05) is 10.0 Å². The summed E-state index contributed by atoms with van der Waals surface area (Å²) in [6, 6.07) is 7.48. The van der Waals surface area contributed by atoms with E-state index in [2.05, 4.69) is 26.2 Å². The van der Waals surface area contributed by atoms with Crippen molar-refractivity contribution in [3.8, 4) is 11.3 Å². The maximum absolute atomic E-state index is 11.9. The fraction of sp³-hybridized carbons (Fsp3) is 0.312. The summed E-state index contributed by atoms with van der Waals surface area (Å²) in [6.07, 6.45) is -1.49. The number of aromatic nitrogens is 1. The average molecular weight is 428 g/mol. The lowest BCUT2D eigenvalue weighted by Crippen LogP contribution is -2.27. The second kappa shape index (κ2) is 7.83. The number of amides is 2. The molecule has 0 unspecified atom stereocenters. The third kappa shape index (κ3) is 6.02. The predicted molar refractivity (Wildman–Crippen MR) is 99.5 cm³/mol. The predicted octanol–water partition coefficient (Wildman–Crippen LogP) is 4.51. The summed E-state index contributed by atoms with van der Waals surface area (Å²) in [6.45, 7) is 5.28. The van der Waals surface area contributed by atoms with E-state index in [1.165, 1.54) is 11.3 Å². The summed E-state index contributed by atoms with van der Waals surface area (Å²) in [5, 5.41) is 2.93. The van der Waals surface area contributed by atoms with Crippen LogP contribution in [0.15, 0.2) is 28.7 Å². The molecule has 1 heterocycles. The third-order valence-electron chi connectivity index (χ3n) is 2.75. The van der Waals surface area contributed by atoms with E-state index in [0.717, 1.165) is 10.0 Å². The van der Waals surface area contributed by atoms with Crippen LogP contribution in [0.1, 0.15) is 25.6 Å². The van der Waals surface area contributed by atoms with Crippen molar-refractivity contribution in [2.75, 3.05) is 5.32 Å². The number of hydrogen-bond donors (Lipinski definition) is 2. The molecule has 1 aromatic heterocycles. The maximum atomic E-state index is 11.9. The van der Waals surface area contributed by atoms with Crippen LogP contribution in [-0.2, 0) is 16.1 Å². The Morgan fingerprint density at radius 2 is 2.08 bits per heavy atom. The van der Waals surface area contributed by atoms with Gasteiger partial charge in [-0.25, -0.2) is 14.6 Å². The van der Waals surface area contributed by atoms with Gasteiger partial charge in [0.1, 0.15) is 12.2 Å². The van der Waals surface area contributed by atoms with Crippen LogP contribution in [0.4, 0.5) is 14.7 Å². The highest BCUT2D eigenvalue weighted by molar-refractivity contribution is 9.10. The SMILES string of the molecule is CC(C)(C)OC(=O)Nc1nc(-c2cccc(Br)c2)c(COC(N)=O)s1. The Bertz CT molecular complexity index is 786. The number of rotatable bonds is 4. The van der Waals surface area contributed by atoms with Crippen molar-refractivity contribution in [1.29, 1.82) is 0 Å². The van der Waals surface area contributed by atoms with Gasteiger partial charge in [0.2, 0.25) is 0 Å². The standard InChI is InChI=1S/C16H18BrN3O4S/c1-16(2,3)24-15(22)20-14-19-12(9-5-4-6-10(17)7-9)11(25-14)8-23-13(18)21/h4-7H,8H2,1-3H3,(H2,18,21)(H,19,20,22). The van der Waals surface area contributed by atoms with Gasteiger partial charge in [0.05, 0.1) is 10.6 Å². The molecule has 9 heteroatoms. The van der Waals surface area contributed by atoms with E-state index in [1.54, 1.807) is 20.8 Å². The lowest BCUT2D eigenvalue weighted by atomic mass is 10.1. The summed E-state index contributed by atoms with van der Waals surface area (Å²) in [5.74, 6) is 0. The molecule has 0 fully saturated rings. The first-order chi connectivity index (χ1) is 11.6.